The van der Waals surface area contributed by atoms with Crippen molar-refractivity contribution in [2.45, 2.75) is 33.2 Å². The Balaban J connectivity index is 1.79. The van der Waals surface area contributed by atoms with Crippen molar-refractivity contribution in [2.75, 3.05) is 0 Å². The minimum atomic E-state index is 0.0459. The second-order valence-electron chi connectivity index (χ2n) is 4.29. The molecule has 19 heavy (non-hydrogen) atoms. The van der Waals surface area contributed by atoms with E-state index in [1.54, 1.807) is 11.3 Å². The minimum Gasteiger partial charge on any atom is -0.361 e. The van der Waals surface area contributed by atoms with Crippen LogP contribution in [0.2, 0.25) is 0 Å². The molecule has 0 aliphatic heterocycles. The van der Waals surface area contributed by atoms with Gasteiger partial charge in [-0.25, -0.2) is 0 Å². The number of aryl methyl sites for hydroxylation is 2. The zero-order valence-electron chi connectivity index (χ0n) is 10.8. The summed E-state index contributed by atoms with van der Waals surface area (Å²) in [4.78, 5) is 12.9. The number of amides is 1. The van der Waals surface area contributed by atoms with E-state index >= 15 is 0 Å². The van der Waals surface area contributed by atoms with Crippen LogP contribution in [0, 0.1) is 13.8 Å². The Bertz CT molecular complexity index is 557. The molecule has 0 aliphatic rings. The van der Waals surface area contributed by atoms with Gasteiger partial charge in [-0.1, -0.05) is 5.16 Å². The number of aromatic nitrogens is 1. The lowest BCUT2D eigenvalue weighted by Gasteiger charge is -2.03. The first kappa shape index (κ1) is 14.3. The fourth-order valence-corrected chi connectivity index (χ4v) is 3.24. The molecule has 1 amide bonds. The fraction of sp³-hybridized carbons (Fsp3) is 0.385. The lowest BCUT2D eigenvalue weighted by atomic mass is 10.1. The van der Waals surface area contributed by atoms with E-state index in [1.165, 1.54) is 0 Å². The van der Waals surface area contributed by atoms with Crippen LogP contribution < -0.4 is 5.32 Å². The molecule has 1 N–H and O–H groups in total. The Morgan fingerprint density at radius 2 is 2.26 bits per heavy atom. The molecule has 0 aromatic carbocycles. The van der Waals surface area contributed by atoms with Gasteiger partial charge in [0.05, 0.1) is 16.0 Å². The van der Waals surface area contributed by atoms with Crippen LogP contribution in [-0.4, -0.2) is 11.1 Å². The number of hydrogen-bond donors (Lipinski definition) is 1. The molecule has 0 bridgehead atoms. The van der Waals surface area contributed by atoms with Crippen LogP contribution in [0.1, 0.15) is 28.3 Å². The summed E-state index contributed by atoms with van der Waals surface area (Å²) in [5.74, 6) is 0.844. The van der Waals surface area contributed by atoms with E-state index in [-0.39, 0.29) is 5.91 Å². The number of nitrogens with one attached hydrogen (secondary N) is 1. The molecule has 2 heterocycles. The van der Waals surface area contributed by atoms with E-state index in [0.29, 0.717) is 19.4 Å². The molecule has 0 unspecified atom stereocenters. The van der Waals surface area contributed by atoms with E-state index in [9.17, 15) is 4.79 Å². The summed E-state index contributed by atoms with van der Waals surface area (Å²) in [5, 5.41) is 6.79. The summed E-state index contributed by atoms with van der Waals surface area (Å²) < 4.78 is 6.15. The maximum Gasteiger partial charge on any atom is 0.220 e. The molecule has 2 rings (SSSR count). The molecule has 0 aliphatic carbocycles. The molecule has 0 fully saturated rings. The molecule has 4 nitrogen and oxygen atoms in total. The molecule has 2 aromatic rings. The molecule has 2 aromatic heterocycles. The summed E-state index contributed by atoms with van der Waals surface area (Å²) in [6.45, 7) is 4.35. The van der Waals surface area contributed by atoms with Crippen LogP contribution in [-0.2, 0) is 17.8 Å². The van der Waals surface area contributed by atoms with Crippen molar-refractivity contribution in [3.8, 4) is 0 Å². The maximum absolute atomic E-state index is 11.8. The normalized spacial score (nSPS) is 10.7. The molecule has 102 valence electrons. The van der Waals surface area contributed by atoms with Crippen LogP contribution in [0.4, 0.5) is 0 Å². The molecule has 0 atom stereocenters. The van der Waals surface area contributed by atoms with Crippen LogP contribution >= 0.6 is 27.3 Å². The zero-order valence-corrected chi connectivity index (χ0v) is 13.2. The Labute approximate surface area is 124 Å². The second kappa shape index (κ2) is 6.34. The van der Waals surface area contributed by atoms with Crippen molar-refractivity contribution >= 4 is 33.2 Å². The van der Waals surface area contributed by atoms with Crippen molar-refractivity contribution in [3.05, 3.63) is 37.8 Å². The van der Waals surface area contributed by atoms with Gasteiger partial charge in [0.1, 0.15) is 5.76 Å². The van der Waals surface area contributed by atoms with Crippen LogP contribution in [0.3, 0.4) is 0 Å². The minimum absolute atomic E-state index is 0.0459. The first-order valence-corrected chi connectivity index (χ1v) is 7.60. The molecule has 6 heteroatoms. The highest BCUT2D eigenvalue weighted by atomic mass is 79.9. The van der Waals surface area contributed by atoms with Gasteiger partial charge in [-0.2, -0.15) is 0 Å². The van der Waals surface area contributed by atoms with Crippen molar-refractivity contribution in [1.29, 1.82) is 0 Å². The van der Waals surface area contributed by atoms with Crippen LogP contribution in [0.5, 0.6) is 0 Å². The number of thiophene rings is 1. The SMILES string of the molecule is Cc1noc(C)c1CCC(=O)NCc1ccc(Br)s1. The van der Waals surface area contributed by atoms with Crippen molar-refractivity contribution < 1.29 is 9.32 Å². The van der Waals surface area contributed by atoms with Crippen molar-refractivity contribution in [3.63, 3.8) is 0 Å². The summed E-state index contributed by atoms with van der Waals surface area (Å²) in [5.41, 5.74) is 1.90. The highest BCUT2D eigenvalue weighted by Crippen LogP contribution is 2.21. The largest absolute Gasteiger partial charge is 0.361 e. The van der Waals surface area contributed by atoms with Gasteiger partial charge in [0.15, 0.2) is 0 Å². The third kappa shape index (κ3) is 3.91. The molecule has 0 spiro atoms. The molecule has 0 radical (unpaired) electrons. The lowest BCUT2D eigenvalue weighted by molar-refractivity contribution is -0.121. The topological polar surface area (TPSA) is 55.1 Å². The Morgan fingerprint density at radius 3 is 2.84 bits per heavy atom. The number of hydrogen-bond acceptors (Lipinski definition) is 4. The van der Waals surface area contributed by atoms with Gasteiger partial charge in [0.2, 0.25) is 5.91 Å². The van der Waals surface area contributed by atoms with Crippen molar-refractivity contribution in [2.24, 2.45) is 0 Å². The second-order valence-corrected chi connectivity index (χ2v) is 6.83. The highest BCUT2D eigenvalue weighted by Gasteiger charge is 2.11. The predicted octanol–water partition coefficient (Wildman–Crippen LogP) is 3.36. The predicted molar refractivity (Wildman–Crippen MR) is 78.2 cm³/mol. The smallest absolute Gasteiger partial charge is 0.220 e. The molecular formula is C13H15BrN2O2S. The van der Waals surface area contributed by atoms with Crippen LogP contribution in [0.25, 0.3) is 0 Å². The molecular weight excluding hydrogens is 328 g/mol. The van der Waals surface area contributed by atoms with E-state index in [1.807, 2.05) is 26.0 Å². The van der Waals surface area contributed by atoms with Gasteiger partial charge < -0.3 is 9.84 Å². The number of halogens is 1. The van der Waals surface area contributed by atoms with E-state index in [4.69, 9.17) is 4.52 Å². The average molecular weight is 343 g/mol. The summed E-state index contributed by atoms with van der Waals surface area (Å²) in [6.07, 6.45) is 1.12. The van der Waals surface area contributed by atoms with Gasteiger partial charge in [0.25, 0.3) is 0 Å². The maximum atomic E-state index is 11.8. The average Bonchev–Trinajstić information content (AvgIpc) is 2.92. The number of carbonyl (C=O) groups excluding carboxylic acids is 1. The van der Waals surface area contributed by atoms with E-state index in [0.717, 1.165) is 25.7 Å². The lowest BCUT2D eigenvalue weighted by Crippen LogP contribution is -2.22. The van der Waals surface area contributed by atoms with Gasteiger partial charge in [-0.15, -0.1) is 11.3 Å². The summed E-state index contributed by atoms with van der Waals surface area (Å²) in [6, 6.07) is 3.99. The van der Waals surface area contributed by atoms with Crippen LogP contribution in [0.15, 0.2) is 20.4 Å². The van der Waals surface area contributed by atoms with E-state index in [2.05, 4.69) is 26.4 Å². The highest BCUT2D eigenvalue weighted by molar-refractivity contribution is 9.11. The van der Waals surface area contributed by atoms with Gasteiger partial charge in [-0.05, 0) is 48.3 Å². The Hall–Kier alpha value is -1.14. The number of rotatable bonds is 5. The third-order valence-corrected chi connectivity index (χ3v) is 4.50. The summed E-state index contributed by atoms with van der Waals surface area (Å²) in [7, 11) is 0. The van der Waals surface area contributed by atoms with E-state index < -0.39 is 0 Å². The molecule has 0 saturated carbocycles. The van der Waals surface area contributed by atoms with Gasteiger partial charge in [-0.3, -0.25) is 4.79 Å². The number of nitrogens with zero attached hydrogens (tertiary/aromatic N) is 1. The fourth-order valence-electron chi connectivity index (χ4n) is 1.82. The number of carbonyl (C=O) groups is 1. The molecule has 0 saturated heterocycles. The Morgan fingerprint density at radius 1 is 1.47 bits per heavy atom. The van der Waals surface area contributed by atoms with Gasteiger partial charge >= 0.3 is 0 Å². The Kier molecular flexibility index (Phi) is 4.76. The quantitative estimate of drug-likeness (QED) is 0.906. The monoisotopic (exact) mass is 342 g/mol. The summed E-state index contributed by atoms with van der Waals surface area (Å²) >= 11 is 5.03. The zero-order chi connectivity index (χ0) is 13.8. The third-order valence-electron chi connectivity index (χ3n) is 2.87. The standard InChI is InChI=1S/C13H15BrN2O2S/c1-8-11(9(2)18-16-8)4-6-13(17)15-7-10-3-5-12(14)19-10/h3,5H,4,6-7H2,1-2H3,(H,15,17). The van der Waals surface area contributed by atoms with Crippen molar-refractivity contribution in [1.82, 2.24) is 10.5 Å². The first-order chi connectivity index (χ1) is 9.06. The van der Waals surface area contributed by atoms with Gasteiger partial charge in [0, 0.05) is 16.9 Å². The first-order valence-electron chi connectivity index (χ1n) is 5.99.